The van der Waals surface area contributed by atoms with Gasteiger partial charge in [0, 0.05) is 33.4 Å². The largest absolute Gasteiger partial charge is 0.453 e. The summed E-state index contributed by atoms with van der Waals surface area (Å²) < 4.78 is 6.49. The van der Waals surface area contributed by atoms with Gasteiger partial charge in [-0.05, 0) is 57.9 Å². The summed E-state index contributed by atoms with van der Waals surface area (Å²) in [5.74, 6) is 0.814. The highest BCUT2D eigenvalue weighted by molar-refractivity contribution is 5.91. The van der Waals surface area contributed by atoms with Gasteiger partial charge in [0.2, 0.25) is 0 Å². The Labute approximate surface area is 332 Å². The van der Waals surface area contributed by atoms with Crippen LogP contribution in [-0.2, 0) is 5.79 Å². The molecule has 2 aliphatic rings. The lowest BCUT2D eigenvalue weighted by atomic mass is 9.84. The van der Waals surface area contributed by atoms with Crippen LogP contribution >= 0.6 is 0 Å². The Hall–Kier alpha value is -7.21. The molecule has 0 amide bonds. The first-order chi connectivity index (χ1) is 28.1. The minimum absolute atomic E-state index is 0.590. The van der Waals surface area contributed by atoms with Crippen molar-refractivity contribution >= 4 is 5.57 Å². The second kappa shape index (κ2) is 14.5. The van der Waals surface area contributed by atoms with E-state index in [9.17, 15) is 5.11 Å². The zero-order valence-electron chi connectivity index (χ0n) is 31.1. The van der Waals surface area contributed by atoms with E-state index in [1.54, 1.807) is 0 Å². The fraction of sp³-hybridized carbons (Fsp3) is 0.0577. The Balaban J connectivity index is 1.03. The van der Waals surface area contributed by atoms with Crippen molar-refractivity contribution in [3.05, 3.63) is 211 Å². The topological polar surface area (TPSA) is 68.1 Å². The average molecular weight is 736 g/mol. The molecule has 1 aromatic heterocycles. The molecule has 1 atom stereocenters. The van der Waals surface area contributed by atoms with E-state index in [-0.39, 0.29) is 0 Å². The average Bonchev–Trinajstić information content (AvgIpc) is 3.30. The maximum atomic E-state index is 12.1. The summed E-state index contributed by atoms with van der Waals surface area (Å²) in [6.07, 6.45) is 8.86. The molecule has 1 aliphatic heterocycles. The molecule has 7 aromatic carbocycles. The second-order valence-corrected chi connectivity index (χ2v) is 14.4. The molecular formula is C52H37N3O2. The molecule has 8 aromatic rings. The third-order valence-electron chi connectivity index (χ3n) is 10.8. The lowest BCUT2D eigenvalue weighted by molar-refractivity contribution is -0.110. The fourth-order valence-electron chi connectivity index (χ4n) is 7.87. The molecular weight excluding hydrogens is 699 g/mol. The summed E-state index contributed by atoms with van der Waals surface area (Å²) >= 11 is 0. The minimum atomic E-state index is -1.62. The van der Waals surface area contributed by atoms with Crippen LogP contribution in [0.2, 0.25) is 0 Å². The van der Waals surface area contributed by atoms with Crippen LogP contribution < -0.4 is 4.74 Å². The smallest absolute Gasteiger partial charge is 0.262 e. The summed E-state index contributed by atoms with van der Waals surface area (Å²) in [5, 5.41) is 12.1. The molecule has 0 bridgehead atoms. The van der Waals surface area contributed by atoms with Gasteiger partial charge >= 0.3 is 0 Å². The molecule has 5 nitrogen and oxygen atoms in total. The van der Waals surface area contributed by atoms with E-state index in [0.717, 1.165) is 62.9 Å². The van der Waals surface area contributed by atoms with Gasteiger partial charge in [-0.1, -0.05) is 188 Å². The molecule has 1 aliphatic carbocycles. The maximum Gasteiger partial charge on any atom is 0.262 e. The molecule has 0 saturated heterocycles. The highest BCUT2D eigenvalue weighted by Crippen LogP contribution is 2.50. The van der Waals surface area contributed by atoms with Crippen molar-refractivity contribution in [2.75, 3.05) is 0 Å². The number of hydrogen-bond acceptors (Lipinski definition) is 5. The number of fused-ring (bicyclic) bond motifs is 3. The molecule has 1 unspecified atom stereocenters. The first-order valence-electron chi connectivity index (χ1n) is 19.3. The SMILES string of the molecule is OC1(c2ccccc2)Oc2cccc(-c3ccc(-c4nc(-c5ccc(C6=CCCC=C6)cc5)nc(-c5ccc(-c6ccccc6)cc5)n4)cc3)c2-c2ccccc21. The molecule has 0 radical (unpaired) electrons. The highest BCUT2D eigenvalue weighted by Gasteiger charge is 2.41. The molecule has 0 fully saturated rings. The summed E-state index contributed by atoms with van der Waals surface area (Å²) in [4.78, 5) is 15.1. The van der Waals surface area contributed by atoms with E-state index >= 15 is 0 Å². The number of hydrogen-bond donors (Lipinski definition) is 1. The Morgan fingerprint density at radius 1 is 0.439 bits per heavy atom. The summed E-state index contributed by atoms with van der Waals surface area (Å²) in [6.45, 7) is 0. The van der Waals surface area contributed by atoms with Gasteiger partial charge in [-0.15, -0.1) is 0 Å². The van der Waals surface area contributed by atoms with E-state index in [2.05, 4.69) is 127 Å². The standard InChI is InChI=1S/C52H37N3O2/c56-52(43-17-8-3-9-18-43)46-21-11-10-19-45(46)48-44(20-12-22-47(48)57-52)39-27-33-42(34-28-39)51-54-49(40-29-23-37(24-30-40)35-13-4-1-5-14-35)53-50(55-51)41-31-25-38(26-32-41)36-15-6-2-7-16-36/h1,3-6,8-34,56H,2,7H2. The first kappa shape index (κ1) is 34.3. The van der Waals surface area contributed by atoms with Gasteiger partial charge < -0.3 is 9.84 Å². The summed E-state index contributed by atoms with van der Waals surface area (Å²) in [6, 6.07) is 59.0. The van der Waals surface area contributed by atoms with Crippen LogP contribution in [0.3, 0.4) is 0 Å². The highest BCUT2D eigenvalue weighted by atomic mass is 16.6. The predicted molar refractivity (Wildman–Crippen MR) is 229 cm³/mol. The number of allylic oxidation sites excluding steroid dienone is 4. The van der Waals surface area contributed by atoms with Crippen LogP contribution in [0.25, 0.3) is 73.1 Å². The van der Waals surface area contributed by atoms with Crippen molar-refractivity contribution in [2.45, 2.75) is 18.6 Å². The Morgan fingerprint density at radius 2 is 0.947 bits per heavy atom. The van der Waals surface area contributed by atoms with Crippen molar-refractivity contribution in [1.82, 2.24) is 15.0 Å². The van der Waals surface area contributed by atoms with Gasteiger partial charge in [-0.3, -0.25) is 0 Å². The van der Waals surface area contributed by atoms with Gasteiger partial charge in [-0.25, -0.2) is 15.0 Å². The van der Waals surface area contributed by atoms with Crippen LogP contribution in [0.4, 0.5) is 0 Å². The number of benzene rings is 7. The van der Waals surface area contributed by atoms with Crippen molar-refractivity contribution in [3.8, 4) is 73.3 Å². The number of aromatic nitrogens is 3. The van der Waals surface area contributed by atoms with Gasteiger partial charge in [0.15, 0.2) is 17.5 Å². The first-order valence-corrected chi connectivity index (χ1v) is 19.3. The number of aliphatic hydroxyl groups is 1. The zero-order chi connectivity index (χ0) is 38.2. The van der Waals surface area contributed by atoms with Gasteiger partial charge in [0.1, 0.15) is 5.75 Å². The number of rotatable bonds is 7. The van der Waals surface area contributed by atoms with Crippen LogP contribution in [-0.4, -0.2) is 20.1 Å². The van der Waals surface area contributed by atoms with E-state index < -0.39 is 5.79 Å². The van der Waals surface area contributed by atoms with Crippen LogP contribution in [0.15, 0.2) is 194 Å². The van der Waals surface area contributed by atoms with Crippen molar-refractivity contribution < 1.29 is 9.84 Å². The van der Waals surface area contributed by atoms with E-state index in [0.29, 0.717) is 34.3 Å². The zero-order valence-corrected chi connectivity index (χ0v) is 31.1. The van der Waals surface area contributed by atoms with E-state index in [4.69, 9.17) is 19.7 Å². The van der Waals surface area contributed by atoms with Gasteiger partial charge in [0.25, 0.3) is 5.79 Å². The fourth-order valence-corrected chi connectivity index (χ4v) is 7.87. The molecule has 5 heteroatoms. The minimum Gasteiger partial charge on any atom is -0.453 e. The molecule has 2 heterocycles. The third-order valence-corrected chi connectivity index (χ3v) is 10.8. The van der Waals surface area contributed by atoms with Crippen LogP contribution in [0.1, 0.15) is 29.5 Å². The molecule has 0 spiro atoms. The maximum absolute atomic E-state index is 12.1. The Bertz CT molecular complexity index is 2800. The summed E-state index contributed by atoms with van der Waals surface area (Å²) in [7, 11) is 0. The molecule has 0 saturated carbocycles. The summed E-state index contributed by atoms with van der Waals surface area (Å²) in [5.41, 5.74) is 12.7. The van der Waals surface area contributed by atoms with E-state index in [1.165, 1.54) is 11.1 Å². The predicted octanol–water partition coefficient (Wildman–Crippen LogP) is 12.2. The lowest BCUT2D eigenvalue weighted by Gasteiger charge is -2.37. The Morgan fingerprint density at radius 3 is 1.56 bits per heavy atom. The van der Waals surface area contributed by atoms with Crippen molar-refractivity contribution in [3.63, 3.8) is 0 Å². The third kappa shape index (κ3) is 6.44. The molecule has 57 heavy (non-hydrogen) atoms. The normalized spacial score (nSPS) is 15.6. The van der Waals surface area contributed by atoms with Gasteiger partial charge in [0.05, 0.1) is 0 Å². The quantitative estimate of drug-likeness (QED) is 0.176. The van der Waals surface area contributed by atoms with E-state index in [1.807, 2.05) is 66.7 Å². The monoisotopic (exact) mass is 735 g/mol. The van der Waals surface area contributed by atoms with Gasteiger partial charge in [-0.2, -0.15) is 0 Å². The number of ether oxygens (including phenoxy) is 1. The van der Waals surface area contributed by atoms with Crippen molar-refractivity contribution in [2.24, 2.45) is 0 Å². The molecule has 10 rings (SSSR count). The van der Waals surface area contributed by atoms with Crippen molar-refractivity contribution in [1.29, 1.82) is 0 Å². The Kier molecular flexibility index (Phi) is 8.70. The van der Waals surface area contributed by atoms with Crippen LogP contribution in [0.5, 0.6) is 5.75 Å². The molecule has 272 valence electrons. The lowest BCUT2D eigenvalue weighted by Crippen LogP contribution is -2.37. The van der Waals surface area contributed by atoms with Crippen LogP contribution in [0, 0.1) is 0 Å². The second-order valence-electron chi connectivity index (χ2n) is 14.4. The molecule has 1 N–H and O–H groups in total. The number of nitrogens with zero attached hydrogens (tertiary/aromatic N) is 3.